The number of aromatic nitrogens is 5. The summed E-state index contributed by atoms with van der Waals surface area (Å²) in [6, 6.07) is -0.326. The Hall–Kier alpha value is -2.81. The molecule has 0 aliphatic heterocycles. The molecule has 0 spiro atoms. The molecule has 22 heavy (non-hydrogen) atoms. The average Bonchev–Trinajstić information content (AvgIpc) is 3.16. The van der Waals surface area contributed by atoms with Crippen molar-refractivity contribution >= 4 is 28.4 Å². The zero-order valence-electron chi connectivity index (χ0n) is 11.8. The van der Waals surface area contributed by atoms with Crippen LogP contribution in [0.2, 0.25) is 0 Å². The number of imidazole rings is 1. The summed E-state index contributed by atoms with van der Waals surface area (Å²) >= 11 is 1.34. The van der Waals surface area contributed by atoms with Gasteiger partial charge in [0.1, 0.15) is 6.33 Å². The van der Waals surface area contributed by atoms with Crippen LogP contribution in [-0.2, 0) is 4.79 Å². The van der Waals surface area contributed by atoms with Crippen molar-refractivity contribution in [2.24, 2.45) is 0 Å². The van der Waals surface area contributed by atoms with E-state index in [9.17, 15) is 9.59 Å². The summed E-state index contributed by atoms with van der Waals surface area (Å²) in [5.41, 5.74) is 1.53. The van der Waals surface area contributed by atoms with Crippen LogP contribution >= 0.6 is 11.3 Å². The molecular weight excluding hydrogens is 304 g/mol. The van der Waals surface area contributed by atoms with Crippen LogP contribution in [0.4, 0.5) is 9.93 Å². The summed E-state index contributed by atoms with van der Waals surface area (Å²) < 4.78 is 2.56. The summed E-state index contributed by atoms with van der Waals surface area (Å²) in [6.45, 7) is 3.27. The van der Waals surface area contributed by atoms with Crippen molar-refractivity contribution in [3.8, 4) is 10.4 Å². The fourth-order valence-electron chi connectivity index (χ4n) is 1.90. The number of rotatable bonds is 2. The molecule has 9 heteroatoms. The van der Waals surface area contributed by atoms with Crippen LogP contribution in [0.25, 0.3) is 10.4 Å². The first-order valence-electron chi connectivity index (χ1n) is 6.37. The van der Waals surface area contributed by atoms with E-state index >= 15 is 0 Å². The number of aryl methyl sites for hydroxylation is 1. The summed E-state index contributed by atoms with van der Waals surface area (Å²) in [6.07, 6.45) is 7.70. The summed E-state index contributed by atoms with van der Waals surface area (Å²) in [4.78, 5) is 32.2. The van der Waals surface area contributed by atoms with Crippen molar-refractivity contribution in [3.05, 3.63) is 36.8 Å². The maximum atomic E-state index is 12.1. The predicted molar refractivity (Wildman–Crippen MR) is 80.8 cm³/mol. The zero-order valence-corrected chi connectivity index (χ0v) is 12.7. The van der Waals surface area contributed by atoms with Gasteiger partial charge in [-0.05, 0) is 6.92 Å². The normalized spacial score (nSPS) is 10.6. The highest BCUT2D eigenvalue weighted by atomic mass is 32.1. The van der Waals surface area contributed by atoms with Gasteiger partial charge in [-0.2, -0.15) is 9.78 Å². The van der Waals surface area contributed by atoms with Gasteiger partial charge in [0.05, 0.1) is 16.8 Å². The number of carbonyl (C=O) groups is 2. The number of nitrogens with one attached hydrogen (secondary N) is 1. The van der Waals surface area contributed by atoms with E-state index in [0.717, 1.165) is 16.1 Å². The van der Waals surface area contributed by atoms with Gasteiger partial charge in [-0.15, -0.1) is 0 Å². The molecule has 3 rings (SSSR count). The highest BCUT2D eigenvalue weighted by molar-refractivity contribution is 7.19. The first-order chi connectivity index (χ1) is 10.5. The Bertz CT molecular complexity index is 833. The van der Waals surface area contributed by atoms with Crippen molar-refractivity contribution in [1.82, 2.24) is 24.3 Å². The maximum absolute atomic E-state index is 12.1. The second kappa shape index (κ2) is 5.53. The fourth-order valence-corrected chi connectivity index (χ4v) is 2.89. The first-order valence-corrected chi connectivity index (χ1v) is 7.19. The molecule has 1 amide bonds. The molecule has 0 aliphatic rings. The second-order valence-electron chi connectivity index (χ2n) is 4.54. The Kier molecular flexibility index (Phi) is 3.55. The Morgan fingerprint density at radius 1 is 1.36 bits per heavy atom. The summed E-state index contributed by atoms with van der Waals surface area (Å²) in [5, 5.41) is 7.24. The SMILES string of the molecule is CC(=O)Nc1nc(C)c(-c2cnn(C(=O)n3ccnc3)c2)s1. The molecule has 0 aromatic carbocycles. The van der Waals surface area contributed by atoms with E-state index in [2.05, 4.69) is 20.4 Å². The lowest BCUT2D eigenvalue weighted by Crippen LogP contribution is -2.17. The summed E-state index contributed by atoms with van der Waals surface area (Å²) in [7, 11) is 0. The third-order valence-electron chi connectivity index (χ3n) is 2.85. The molecule has 112 valence electrons. The molecule has 0 unspecified atom stereocenters. The monoisotopic (exact) mass is 316 g/mol. The van der Waals surface area contributed by atoms with Gasteiger partial charge in [0.2, 0.25) is 5.91 Å². The third kappa shape index (κ3) is 2.66. The fraction of sp³-hybridized carbons (Fsp3) is 0.154. The van der Waals surface area contributed by atoms with Gasteiger partial charge in [0, 0.05) is 31.1 Å². The lowest BCUT2D eigenvalue weighted by molar-refractivity contribution is -0.114. The van der Waals surface area contributed by atoms with Gasteiger partial charge in [-0.1, -0.05) is 11.3 Å². The molecule has 0 aliphatic carbocycles. The molecular formula is C13H12N6O2S. The molecule has 0 radical (unpaired) electrons. The number of hydrogen-bond acceptors (Lipinski definition) is 6. The molecule has 0 bridgehead atoms. The van der Waals surface area contributed by atoms with Gasteiger partial charge in [-0.25, -0.2) is 14.8 Å². The predicted octanol–water partition coefficient (Wildman–Crippen LogP) is 1.99. The lowest BCUT2D eigenvalue weighted by Gasteiger charge is -1.98. The number of amides is 1. The maximum Gasteiger partial charge on any atom is 0.354 e. The molecule has 0 saturated carbocycles. The molecule has 1 N–H and O–H groups in total. The number of nitrogens with zero attached hydrogens (tertiary/aromatic N) is 5. The molecule has 0 fully saturated rings. The molecule has 3 aromatic heterocycles. The van der Waals surface area contributed by atoms with E-state index < -0.39 is 0 Å². The molecule has 0 saturated heterocycles. The quantitative estimate of drug-likeness (QED) is 0.780. The minimum absolute atomic E-state index is 0.175. The highest BCUT2D eigenvalue weighted by Crippen LogP contribution is 2.32. The van der Waals surface area contributed by atoms with Crippen LogP contribution in [0, 0.1) is 6.92 Å². The summed E-state index contributed by atoms with van der Waals surface area (Å²) in [5.74, 6) is -0.175. The van der Waals surface area contributed by atoms with Gasteiger partial charge < -0.3 is 5.32 Å². The van der Waals surface area contributed by atoms with E-state index in [4.69, 9.17) is 0 Å². The minimum Gasteiger partial charge on any atom is -0.302 e. The van der Waals surface area contributed by atoms with Gasteiger partial charge in [0.25, 0.3) is 0 Å². The molecule has 3 heterocycles. The second-order valence-corrected chi connectivity index (χ2v) is 5.54. The first kappa shape index (κ1) is 14.1. The van der Waals surface area contributed by atoms with Crippen molar-refractivity contribution in [3.63, 3.8) is 0 Å². The Balaban J connectivity index is 1.89. The van der Waals surface area contributed by atoms with Crippen molar-refractivity contribution in [2.45, 2.75) is 13.8 Å². The van der Waals surface area contributed by atoms with Crippen molar-refractivity contribution < 1.29 is 9.59 Å². The topological polar surface area (TPSA) is 94.7 Å². The van der Waals surface area contributed by atoms with Crippen LogP contribution < -0.4 is 5.32 Å². The number of carbonyl (C=O) groups excluding carboxylic acids is 2. The van der Waals surface area contributed by atoms with Crippen LogP contribution in [-0.4, -0.2) is 36.3 Å². The van der Waals surface area contributed by atoms with E-state index in [1.165, 1.54) is 40.0 Å². The third-order valence-corrected chi connectivity index (χ3v) is 3.97. The molecule has 8 nitrogen and oxygen atoms in total. The van der Waals surface area contributed by atoms with Crippen molar-refractivity contribution in [2.75, 3.05) is 5.32 Å². The van der Waals surface area contributed by atoms with Crippen LogP contribution in [0.15, 0.2) is 31.1 Å². The number of thiazole rings is 1. The average molecular weight is 316 g/mol. The van der Waals surface area contributed by atoms with Crippen LogP contribution in [0.5, 0.6) is 0 Å². The van der Waals surface area contributed by atoms with Gasteiger partial charge in [0.15, 0.2) is 5.13 Å². The van der Waals surface area contributed by atoms with Crippen LogP contribution in [0.3, 0.4) is 0 Å². The molecule has 0 atom stereocenters. The lowest BCUT2D eigenvalue weighted by atomic mass is 10.2. The van der Waals surface area contributed by atoms with E-state index in [1.54, 1.807) is 18.6 Å². The Labute approximate surface area is 129 Å². The standard InChI is InChI=1S/C13H12N6O2S/c1-8-11(22-12(16-8)17-9(2)20)10-5-15-19(6-10)13(21)18-4-3-14-7-18/h3-7H,1-2H3,(H,16,17,20). The minimum atomic E-state index is -0.326. The highest BCUT2D eigenvalue weighted by Gasteiger charge is 2.15. The number of hydrogen-bond donors (Lipinski definition) is 1. The van der Waals surface area contributed by atoms with E-state index in [-0.39, 0.29) is 11.9 Å². The van der Waals surface area contributed by atoms with Gasteiger partial charge in [-0.3, -0.25) is 9.36 Å². The Morgan fingerprint density at radius 2 is 2.18 bits per heavy atom. The van der Waals surface area contributed by atoms with Crippen LogP contribution in [0.1, 0.15) is 12.6 Å². The number of anilines is 1. The van der Waals surface area contributed by atoms with E-state index in [1.807, 2.05) is 6.92 Å². The largest absolute Gasteiger partial charge is 0.354 e. The van der Waals surface area contributed by atoms with Gasteiger partial charge >= 0.3 is 6.03 Å². The Morgan fingerprint density at radius 3 is 2.86 bits per heavy atom. The van der Waals surface area contributed by atoms with Crippen molar-refractivity contribution in [1.29, 1.82) is 0 Å². The van der Waals surface area contributed by atoms with E-state index in [0.29, 0.717) is 5.13 Å². The zero-order chi connectivity index (χ0) is 15.7. The molecule has 3 aromatic rings. The smallest absolute Gasteiger partial charge is 0.302 e.